The lowest BCUT2D eigenvalue weighted by Crippen LogP contribution is -2.32. The number of anilines is 1. The number of ether oxygens (including phenoxy) is 2. The summed E-state index contributed by atoms with van der Waals surface area (Å²) in [7, 11) is 3.18. The maximum absolute atomic E-state index is 13.4. The molecule has 1 fully saturated rings. The quantitative estimate of drug-likeness (QED) is 0.573. The van der Waals surface area contributed by atoms with E-state index in [1.165, 1.54) is 4.90 Å². The van der Waals surface area contributed by atoms with Crippen LogP contribution < -0.4 is 14.4 Å². The van der Waals surface area contributed by atoms with Crippen LogP contribution in [-0.2, 0) is 11.3 Å². The molecule has 1 aliphatic rings. The number of amides is 3. The normalized spacial score (nSPS) is 16.1. The molecule has 1 heterocycles. The third kappa shape index (κ3) is 3.59. The van der Waals surface area contributed by atoms with E-state index >= 15 is 0 Å². The van der Waals surface area contributed by atoms with Gasteiger partial charge in [-0.2, -0.15) is 0 Å². The smallest absolute Gasteiger partial charge is 0.332 e. The molecule has 1 aliphatic heterocycles. The molecule has 6 heteroatoms. The van der Waals surface area contributed by atoms with Crippen LogP contribution in [0.3, 0.4) is 0 Å². The molecule has 0 radical (unpaired) electrons. The fraction of sp³-hybridized carbons (Fsp3) is 0.167. The minimum atomic E-state index is -0.692. The molecule has 0 bridgehead atoms. The van der Waals surface area contributed by atoms with E-state index in [0.717, 1.165) is 16.9 Å². The van der Waals surface area contributed by atoms with Crippen LogP contribution >= 0.6 is 0 Å². The highest BCUT2D eigenvalue weighted by Crippen LogP contribution is 2.36. The molecular formula is C24H22N2O4. The predicted molar refractivity (Wildman–Crippen MR) is 114 cm³/mol. The summed E-state index contributed by atoms with van der Waals surface area (Å²) in [5.74, 6) is 1.12. The van der Waals surface area contributed by atoms with Gasteiger partial charge in [0.25, 0.3) is 5.91 Å². The molecule has 1 saturated heterocycles. The summed E-state index contributed by atoms with van der Waals surface area (Å²) in [5.41, 5.74) is 2.21. The van der Waals surface area contributed by atoms with Gasteiger partial charge in [-0.1, -0.05) is 42.5 Å². The zero-order chi connectivity index (χ0) is 21.1. The highest BCUT2D eigenvalue weighted by atomic mass is 16.5. The topological polar surface area (TPSA) is 59.1 Å². The Labute approximate surface area is 175 Å². The molecule has 6 nitrogen and oxygen atoms in total. The van der Waals surface area contributed by atoms with Crippen molar-refractivity contribution in [1.82, 2.24) is 4.90 Å². The van der Waals surface area contributed by atoms with E-state index in [-0.39, 0.29) is 11.9 Å². The van der Waals surface area contributed by atoms with Crippen molar-refractivity contribution < 1.29 is 19.1 Å². The summed E-state index contributed by atoms with van der Waals surface area (Å²) in [6, 6.07) is 22.7. The van der Waals surface area contributed by atoms with Crippen molar-refractivity contribution in [3.63, 3.8) is 0 Å². The van der Waals surface area contributed by atoms with Crippen molar-refractivity contribution in [1.29, 1.82) is 0 Å². The van der Waals surface area contributed by atoms with E-state index in [4.69, 9.17) is 9.47 Å². The molecular weight excluding hydrogens is 380 g/mol. The Morgan fingerprint density at radius 1 is 0.767 bits per heavy atom. The van der Waals surface area contributed by atoms with Crippen molar-refractivity contribution >= 4 is 17.6 Å². The van der Waals surface area contributed by atoms with Crippen molar-refractivity contribution in [2.24, 2.45) is 0 Å². The third-order valence-electron chi connectivity index (χ3n) is 5.16. The average Bonchev–Trinajstić information content (AvgIpc) is 3.04. The van der Waals surface area contributed by atoms with Crippen LogP contribution in [0.5, 0.6) is 11.5 Å². The maximum Gasteiger partial charge on any atom is 0.332 e. The summed E-state index contributed by atoms with van der Waals surface area (Å²) in [4.78, 5) is 29.6. The zero-order valence-electron chi connectivity index (χ0n) is 16.8. The van der Waals surface area contributed by atoms with E-state index in [0.29, 0.717) is 18.0 Å². The largest absolute Gasteiger partial charge is 0.497 e. The van der Waals surface area contributed by atoms with E-state index in [2.05, 4.69) is 0 Å². The zero-order valence-corrected chi connectivity index (χ0v) is 16.8. The Bertz CT molecular complexity index is 1030. The number of hydrogen-bond donors (Lipinski definition) is 0. The molecule has 0 spiro atoms. The molecule has 0 aromatic heterocycles. The number of nitrogens with zero attached hydrogens (tertiary/aromatic N) is 2. The van der Waals surface area contributed by atoms with E-state index in [1.807, 2.05) is 54.6 Å². The summed E-state index contributed by atoms with van der Waals surface area (Å²) in [6.07, 6.45) is 0. The Kier molecular flexibility index (Phi) is 5.39. The number of benzene rings is 3. The molecule has 0 aliphatic carbocycles. The lowest BCUT2D eigenvalue weighted by molar-refractivity contribution is -0.120. The molecule has 3 amide bonds. The van der Waals surface area contributed by atoms with Crippen molar-refractivity contribution in [2.75, 3.05) is 19.1 Å². The Balaban J connectivity index is 1.70. The van der Waals surface area contributed by atoms with Crippen LogP contribution in [0.15, 0.2) is 78.9 Å². The number of carbonyl (C=O) groups excluding carboxylic acids is 2. The molecule has 0 N–H and O–H groups in total. The minimum Gasteiger partial charge on any atom is -0.497 e. The highest BCUT2D eigenvalue weighted by molar-refractivity contribution is 6.21. The van der Waals surface area contributed by atoms with Gasteiger partial charge in [0.05, 0.1) is 19.9 Å². The van der Waals surface area contributed by atoms with Crippen molar-refractivity contribution in [2.45, 2.75) is 12.6 Å². The Morgan fingerprint density at radius 2 is 1.33 bits per heavy atom. The monoisotopic (exact) mass is 402 g/mol. The third-order valence-corrected chi connectivity index (χ3v) is 5.16. The average molecular weight is 402 g/mol. The number of carbonyl (C=O) groups is 2. The highest BCUT2D eigenvalue weighted by Gasteiger charge is 2.46. The molecule has 0 saturated carbocycles. The summed E-state index contributed by atoms with van der Waals surface area (Å²) < 4.78 is 10.4. The van der Waals surface area contributed by atoms with Crippen LogP contribution in [-0.4, -0.2) is 31.1 Å². The Morgan fingerprint density at radius 3 is 1.90 bits per heavy atom. The van der Waals surface area contributed by atoms with Gasteiger partial charge in [0, 0.05) is 6.54 Å². The first-order chi connectivity index (χ1) is 14.6. The number of imide groups is 1. The van der Waals surface area contributed by atoms with Gasteiger partial charge in [0.1, 0.15) is 17.5 Å². The Hall–Kier alpha value is -3.80. The van der Waals surface area contributed by atoms with Gasteiger partial charge in [-0.3, -0.25) is 4.79 Å². The SMILES string of the molecule is COc1ccc(CN2C(=O)N(c3ccc(OC)cc3)C(=O)C2c2ccccc2)cc1. The predicted octanol–water partition coefficient (Wildman–Crippen LogP) is 4.41. The van der Waals surface area contributed by atoms with Gasteiger partial charge in [-0.15, -0.1) is 0 Å². The minimum absolute atomic E-state index is 0.273. The second kappa shape index (κ2) is 8.29. The second-order valence-corrected chi connectivity index (χ2v) is 6.94. The van der Waals surface area contributed by atoms with Crippen molar-refractivity contribution in [3.8, 4) is 11.5 Å². The van der Waals surface area contributed by atoms with Gasteiger partial charge >= 0.3 is 6.03 Å². The molecule has 3 aromatic rings. The van der Waals surface area contributed by atoms with Crippen LogP contribution in [0.2, 0.25) is 0 Å². The van der Waals surface area contributed by atoms with Crippen molar-refractivity contribution in [3.05, 3.63) is 90.0 Å². The van der Waals surface area contributed by atoms with Gasteiger partial charge in [0.15, 0.2) is 0 Å². The molecule has 152 valence electrons. The van der Waals surface area contributed by atoms with E-state index < -0.39 is 6.04 Å². The first-order valence-corrected chi connectivity index (χ1v) is 9.59. The van der Waals surface area contributed by atoms with Gasteiger partial charge in [0.2, 0.25) is 0 Å². The standard InChI is InChI=1S/C24H22N2O4/c1-29-20-12-8-17(9-13-20)16-25-22(18-6-4-3-5-7-18)23(27)26(24(25)28)19-10-14-21(30-2)15-11-19/h3-15,22H,16H2,1-2H3. The molecule has 1 unspecified atom stereocenters. The number of urea groups is 1. The van der Waals surface area contributed by atoms with E-state index in [1.54, 1.807) is 43.4 Å². The number of rotatable bonds is 6. The van der Waals surface area contributed by atoms with Crippen LogP contribution in [0, 0.1) is 0 Å². The number of methoxy groups -OCH3 is 2. The second-order valence-electron chi connectivity index (χ2n) is 6.94. The molecule has 1 atom stereocenters. The fourth-order valence-corrected chi connectivity index (χ4v) is 3.60. The van der Waals surface area contributed by atoms with Gasteiger partial charge in [-0.05, 0) is 47.5 Å². The first kappa shape index (κ1) is 19.5. The molecule has 30 heavy (non-hydrogen) atoms. The fourth-order valence-electron chi connectivity index (χ4n) is 3.60. The summed E-state index contributed by atoms with van der Waals surface area (Å²) in [6.45, 7) is 0.306. The van der Waals surface area contributed by atoms with Crippen LogP contribution in [0.4, 0.5) is 10.5 Å². The van der Waals surface area contributed by atoms with E-state index in [9.17, 15) is 9.59 Å². The van der Waals surface area contributed by atoms with Gasteiger partial charge < -0.3 is 14.4 Å². The molecule has 3 aromatic carbocycles. The maximum atomic E-state index is 13.4. The van der Waals surface area contributed by atoms with Crippen LogP contribution in [0.1, 0.15) is 17.2 Å². The molecule has 4 rings (SSSR count). The van der Waals surface area contributed by atoms with Crippen LogP contribution in [0.25, 0.3) is 0 Å². The van der Waals surface area contributed by atoms with Gasteiger partial charge in [-0.25, -0.2) is 9.69 Å². The summed E-state index contributed by atoms with van der Waals surface area (Å²) in [5, 5.41) is 0. The lowest BCUT2D eigenvalue weighted by Gasteiger charge is -2.22. The first-order valence-electron chi connectivity index (χ1n) is 9.59. The lowest BCUT2D eigenvalue weighted by atomic mass is 10.0. The summed E-state index contributed by atoms with van der Waals surface area (Å²) >= 11 is 0. The number of hydrogen-bond acceptors (Lipinski definition) is 4.